The molecular weight excluding hydrogens is 257 g/mol. The van der Waals surface area contributed by atoms with Gasteiger partial charge in [0.25, 0.3) is 0 Å². The molecule has 1 aromatic rings. The fourth-order valence-corrected chi connectivity index (χ4v) is 2.35. The number of rotatable bonds is 4. The summed E-state index contributed by atoms with van der Waals surface area (Å²) in [6.45, 7) is 3.05. The largest absolute Gasteiger partial charge is 0.311 e. The SMILES string of the molecule is CN1CCCC1CNCc1cccnc1Cl.Cl. The van der Waals surface area contributed by atoms with E-state index in [1.165, 1.54) is 19.4 Å². The molecule has 1 aromatic heterocycles. The Hall–Kier alpha value is -0.350. The molecule has 0 amide bonds. The van der Waals surface area contributed by atoms with E-state index in [1.54, 1.807) is 6.20 Å². The van der Waals surface area contributed by atoms with Gasteiger partial charge in [0.15, 0.2) is 0 Å². The summed E-state index contributed by atoms with van der Waals surface area (Å²) in [5.74, 6) is 0. The lowest BCUT2D eigenvalue weighted by Gasteiger charge is -2.19. The summed E-state index contributed by atoms with van der Waals surface area (Å²) in [5, 5.41) is 4.06. The van der Waals surface area contributed by atoms with Gasteiger partial charge in [-0.1, -0.05) is 17.7 Å². The lowest BCUT2D eigenvalue weighted by atomic mass is 10.2. The van der Waals surface area contributed by atoms with Gasteiger partial charge in [0.1, 0.15) is 5.15 Å². The highest BCUT2D eigenvalue weighted by Gasteiger charge is 2.19. The topological polar surface area (TPSA) is 28.2 Å². The van der Waals surface area contributed by atoms with Crippen LogP contribution in [0.1, 0.15) is 18.4 Å². The zero-order valence-electron chi connectivity index (χ0n) is 10.0. The lowest BCUT2D eigenvalue weighted by Crippen LogP contribution is -2.35. The smallest absolute Gasteiger partial charge is 0.133 e. The van der Waals surface area contributed by atoms with Crippen LogP contribution < -0.4 is 5.32 Å². The van der Waals surface area contributed by atoms with E-state index >= 15 is 0 Å². The standard InChI is InChI=1S/C12H18ClN3.ClH/c1-16-7-3-5-11(16)9-14-8-10-4-2-6-15-12(10)13;/h2,4,6,11,14H,3,5,7-9H2,1H3;1H. The van der Waals surface area contributed by atoms with Crippen molar-refractivity contribution in [3.8, 4) is 0 Å². The van der Waals surface area contributed by atoms with Crippen LogP contribution in [0.4, 0.5) is 0 Å². The first kappa shape index (κ1) is 14.7. The summed E-state index contributed by atoms with van der Waals surface area (Å²) in [5.41, 5.74) is 1.07. The van der Waals surface area contributed by atoms with Gasteiger partial charge in [-0.2, -0.15) is 0 Å². The lowest BCUT2D eigenvalue weighted by molar-refractivity contribution is 0.300. The minimum absolute atomic E-state index is 0. The molecule has 1 fully saturated rings. The number of hydrogen-bond donors (Lipinski definition) is 1. The van der Waals surface area contributed by atoms with E-state index in [0.717, 1.165) is 18.7 Å². The van der Waals surface area contributed by atoms with E-state index in [0.29, 0.717) is 11.2 Å². The Bertz CT molecular complexity index is 346. The summed E-state index contributed by atoms with van der Waals surface area (Å²) >= 11 is 5.99. The number of aromatic nitrogens is 1. The molecular formula is C12H19Cl2N3. The van der Waals surface area contributed by atoms with E-state index < -0.39 is 0 Å². The van der Waals surface area contributed by atoms with Gasteiger partial charge in [-0.25, -0.2) is 4.98 Å². The molecule has 1 atom stereocenters. The Morgan fingerprint density at radius 2 is 2.41 bits per heavy atom. The second-order valence-corrected chi connectivity index (χ2v) is 4.72. The molecule has 2 heterocycles. The number of hydrogen-bond acceptors (Lipinski definition) is 3. The fraction of sp³-hybridized carbons (Fsp3) is 0.583. The van der Waals surface area contributed by atoms with Gasteiger partial charge in [-0.3, -0.25) is 0 Å². The van der Waals surface area contributed by atoms with Crippen LogP contribution >= 0.6 is 24.0 Å². The van der Waals surface area contributed by atoms with E-state index in [4.69, 9.17) is 11.6 Å². The monoisotopic (exact) mass is 275 g/mol. The molecule has 0 aliphatic carbocycles. The predicted octanol–water partition coefficient (Wildman–Crippen LogP) is 2.34. The Kier molecular flexibility index (Phi) is 6.20. The van der Waals surface area contributed by atoms with Crippen LogP contribution in [0.3, 0.4) is 0 Å². The molecule has 1 N–H and O–H groups in total. The van der Waals surface area contributed by atoms with Crippen LogP contribution in [0.25, 0.3) is 0 Å². The van der Waals surface area contributed by atoms with Gasteiger partial charge < -0.3 is 10.2 Å². The van der Waals surface area contributed by atoms with Crippen molar-refractivity contribution in [1.82, 2.24) is 15.2 Å². The van der Waals surface area contributed by atoms with Crippen LogP contribution in [0.2, 0.25) is 5.15 Å². The highest BCUT2D eigenvalue weighted by atomic mass is 35.5. The van der Waals surface area contributed by atoms with E-state index in [2.05, 4.69) is 22.2 Å². The van der Waals surface area contributed by atoms with Crippen molar-refractivity contribution in [3.05, 3.63) is 29.0 Å². The highest BCUT2D eigenvalue weighted by Crippen LogP contribution is 2.14. The first-order chi connectivity index (χ1) is 7.77. The van der Waals surface area contributed by atoms with Crippen LogP contribution in [0.5, 0.6) is 0 Å². The molecule has 0 aromatic carbocycles. The molecule has 17 heavy (non-hydrogen) atoms. The molecule has 3 nitrogen and oxygen atoms in total. The van der Waals surface area contributed by atoms with Crippen molar-refractivity contribution < 1.29 is 0 Å². The molecule has 2 rings (SSSR count). The number of nitrogens with zero attached hydrogens (tertiary/aromatic N) is 2. The van der Waals surface area contributed by atoms with Crippen molar-refractivity contribution in [2.75, 3.05) is 20.1 Å². The summed E-state index contributed by atoms with van der Waals surface area (Å²) < 4.78 is 0. The van der Waals surface area contributed by atoms with Crippen LogP contribution in [0, 0.1) is 0 Å². The van der Waals surface area contributed by atoms with Gasteiger partial charge in [0.2, 0.25) is 0 Å². The Balaban J connectivity index is 0.00000144. The van der Waals surface area contributed by atoms with Gasteiger partial charge >= 0.3 is 0 Å². The Morgan fingerprint density at radius 3 is 3.06 bits per heavy atom. The molecule has 1 aliphatic heterocycles. The van der Waals surface area contributed by atoms with E-state index in [-0.39, 0.29) is 12.4 Å². The van der Waals surface area contributed by atoms with Gasteiger partial charge in [0, 0.05) is 30.9 Å². The summed E-state index contributed by atoms with van der Waals surface area (Å²) in [6, 6.07) is 4.61. The second-order valence-electron chi connectivity index (χ2n) is 4.36. The number of nitrogens with one attached hydrogen (secondary N) is 1. The van der Waals surface area contributed by atoms with Gasteiger partial charge in [0.05, 0.1) is 0 Å². The zero-order valence-corrected chi connectivity index (χ0v) is 11.6. The average Bonchev–Trinajstić information content (AvgIpc) is 2.67. The maximum atomic E-state index is 5.99. The van der Waals surface area contributed by atoms with Gasteiger partial charge in [-0.05, 0) is 32.5 Å². The Morgan fingerprint density at radius 1 is 1.59 bits per heavy atom. The van der Waals surface area contributed by atoms with E-state index in [9.17, 15) is 0 Å². The fourth-order valence-electron chi connectivity index (χ4n) is 2.16. The molecule has 0 radical (unpaired) electrons. The number of likely N-dealkylation sites (tertiary alicyclic amines) is 1. The molecule has 1 unspecified atom stereocenters. The normalized spacial score (nSPS) is 20.2. The summed E-state index contributed by atoms with van der Waals surface area (Å²) in [6.07, 6.45) is 4.33. The molecule has 1 saturated heterocycles. The van der Waals surface area contributed by atoms with Crippen molar-refractivity contribution in [3.63, 3.8) is 0 Å². The number of likely N-dealkylation sites (N-methyl/N-ethyl adjacent to an activating group) is 1. The zero-order chi connectivity index (χ0) is 11.4. The summed E-state index contributed by atoms with van der Waals surface area (Å²) in [7, 11) is 2.19. The van der Waals surface area contributed by atoms with Crippen molar-refractivity contribution in [1.29, 1.82) is 0 Å². The number of pyridine rings is 1. The Labute approximate surface area is 114 Å². The van der Waals surface area contributed by atoms with Crippen molar-refractivity contribution in [2.24, 2.45) is 0 Å². The first-order valence-electron chi connectivity index (χ1n) is 5.77. The first-order valence-corrected chi connectivity index (χ1v) is 6.15. The molecule has 1 aliphatic rings. The third-order valence-corrected chi connectivity index (χ3v) is 3.54. The predicted molar refractivity (Wildman–Crippen MR) is 73.9 cm³/mol. The maximum absolute atomic E-state index is 5.99. The quantitative estimate of drug-likeness (QED) is 0.856. The van der Waals surface area contributed by atoms with Crippen LogP contribution in [-0.2, 0) is 6.54 Å². The molecule has 0 spiro atoms. The molecule has 5 heteroatoms. The molecule has 0 bridgehead atoms. The van der Waals surface area contributed by atoms with Crippen molar-refractivity contribution in [2.45, 2.75) is 25.4 Å². The number of halogens is 2. The van der Waals surface area contributed by atoms with Crippen LogP contribution in [0.15, 0.2) is 18.3 Å². The van der Waals surface area contributed by atoms with Gasteiger partial charge in [-0.15, -0.1) is 12.4 Å². The maximum Gasteiger partial charge on any atom is 0.133 e. The minimum atomic E-state index is 0. The van der Waals surface area contributed by atoms with E-state index in [1.807, 2.05) is 12.1 Å². The average molecular weight is 276 g/mol. The highest BCUT2D eigenvalue weighted by molar-refractivity contribution is 6.30. The molecule has 96 valence electrons. The minimum Gasteiger partial charge on any atom is -0.311 e. The third kappa shape index (κ3) is 4.11. The van der Waals surface area contributed by atoms with Crippen molar-refractivity contribution >= 4 is 24.0 Å². The summed E-state index contributed by atoms with van der Waals surface area (Å²) in [4.78, 5) is 6.47. The van der Waals surface area contributed by atoms with Crippen LogP contribution in [-0.4, -0.2) is 36.1 Å². The third-order valence-electron chi connectivity index (χ3n) is 3.20. The second kappa shape index (κ2) is 7.17. The molecule has 0 saturated carbocycles.